The average Bonchev–Trinajstić information content (AvgIpc) is 2.45. The van der Waals surface area contributed by atoms with Crippen molar-refractivity contribution in [1.29, 1.82) is 0 Å². The topological polar surface area (TPSA) is 191 Å². The Hall–Kier alpha value is 0.410. The zero-order chi connectivity index (χ0) is 23.2. The van der Waals surface area contributed by atoms with Gasteiger partial charge in [0.25, 0.3) is 0 Å². The molecule has 184 valence electrons. The highest BCUT2D eigenvalue weighted by Gasteiger charge is 2.28. The standard InChI is InChI=1S/C5H12Cl2N2.C5H12ClN2.ClH.2H2O4S.H2O/c1-8(2)5(6,7)9(3)4;1-7(2)5(6)8(3)4;;1-5(2,3)4;1-4-5(2)3;/h1-4H3;1-4H3;1H;(H2,1,2,3,4);1H,(H,2,3);1H2/q;+1;;;;/p-2. The quantitative estimate of drug-likeness (QED) is 0.0399. The Morgan fingerprint density at radius 3 is 1.28 bits per heavy atom. The van der Waals surface area contributed by atoms with Gasteiger partial charge in [0.15, 0.2) is 0 Å². The average molecular weight is 555 g/mol. The van der Waals surface area contributed by atoms with E-state index in [-0.39, 0.29) is 17.9 Å². The molecule has 0 saturated carbocycles. The molecule has 1 atom stereocenters. The molecule has 29 heavy (non-hydrogen) atoms. The molecule has 0 aliphatic carbocycles. The number of halogens is 4. The second kappa shape index (κ2) is 21.6. The van der Waals surface area contributed by atoms with Crippen LogP contribution in [-0.4, -0.2) is 117 Å². The van der Waals surface area contributed by atoms with E-state index in [4.69, 9.17) is 66.3 Å². The maximum atomic E-state index is 8.83. The van der Waals surface area contributed by atoms with Crippen molar-refractivity contribution in [3.8, 4) is 0 Å². The molecule has 1 unspecified atom stereocenters. The van der Waals surface area contributed by atoms with Gasteiger partial charge in [-0.25, -0.2) is 4.21 Å². The van der Waals surface area contributed by atoms with Crippen LogP contribution in [0, 0.1) is 0 Å². The maximum absolute atomic E-state index is 8.83. The molecule has 0 aliphatic rings. The Morgan fingerprint density at radius 1 is 1.07 bits per heavy atom. The lowest BCUT2D eigenvalue weighted by molar-refractivity contribution is -0.635. The van der Waals surface area contributed by atoms with Crippen LogP contribution in [0.25, 0.3) is 0 Å². The fourth-order valence-corrected chi connectivity index (χ4v) is 0.800. The van der Waals surface area contributed by atoms with E-state index < -0.39 is 26.3 Å². The smallest absolute Gasteiger partial charge is 0.394 e. The number of amidine groups is 1. The molecule has 0 aromatic heterocycles. The summed E-state index contributed by atoms with van der Waals surface area (Å²) in [5.74, 6) is 0. The minimum Gasteiger partial charge on any atom is -0.750 e. The number of nitrogens with zero attached hydrogens (tertiary/aromatic N) is 4. The van der Waals surface area contributed by atoms with Crippen LogP contribution in [0.5, 0.6) is 0 Å². The van der Waals surface area contributed by atoms with E-state index in [0.29, 0.717) is 0 Å². The van der Waals surface area contributed by atoms with Crippen molar-refractivity contribution in [3.63, 3.8) is 0 Å². The minimum atomic E-state index is -4.67. The summed E-state index contributed by atoms with van der Waals surface area (Å²) in [7, 11) is 10.2. The van der Waals surface area contributed by atoms with Crippen LogP contribution in [0.1, 0.15) is 0 Å². The fourth-order valence-electron chi connectivity index (χ4n) is 0.800. The first-order valence-corrected chi connectivity index (χ1v) is 9.94. The van der Waals surface area contributed by atoms with Crippen molar-refractivity contribution in [1.82, 2.24) is 14.7 Å². The predicted molar refractivity (Wildman–Crippen MR) is 114 cm³/mol. The molecular weight excluding hydrogens is 526 g/mol. The van der Waals surface area contributed by atoms with Crippen LogP contribution in [0.4, 0.5) is 0 Å². The third-order valence-corrected chi connectivity index (χ3v) is 4.01. The SMILES string of the molecule is CN(C)C(Cl)(Cl)N(C)C.CN(C)C(Cl)=[N+](C)C.Cl.O.O=S(=O)(O)O.O=S([O-])O[O-]. The van der Waals surface area contributed by atoms with Crippen molar-refractivity contribution in [2.75, 3.05) is 56.4 Å². The Labute approximate surface area is 195 Å². The van der Waals surface area contributed by atoms with Crippen molar-refractivity contribution in [2.24, 2.45) is 0 Å². The van der Waals surface area contributed by atoms with Crippen molar-refractivity contribution in [2.45, 2.75) is 4.58 Å². The zero-order valence-corrected chi connectivity index (χ0v) is 21.7. The van der Waals surface area contributed by atoms with Gasteiger partial charge in [0.1, 0.15) is 0 Å². The fraction of sp³-hybridized carbons (Fsp3) is 0.900. The second-order valence-corrected chi connectivity index (χ2v) is 8.10. The van der Waals surface area contributed by atoms with Crippen LogP contribution in [0.15, 0.2) is 0 Å². The van der Waals surface area contributed by atoms with E-state index in [1.54, 1.807) is 9.80 Å². The van der Waals surface area contributed by atoms with Gasteiger partial charge in [-0.15, -0.1) is 12.4 Å². The Kier molecular flexibility index (Phi) is 32.3. The van der Waals surface area contributed by atoms with Gasteiger partial charge in [-0.05, 0) is 28.2 Å². The van der Waals surface area contributed by atoms with Crippen LogP contribution in [0.3, 0.4) is 0 Å². The van der Waals surface area contributed by atoms with Gasteiger partial charge in [0, 0.05) is 11.6 Å². The number of hydrogen-bond donors (Lipinski definition) is 2. The summed E-state index contributed by atoms with van der Waals surface area (Å²) in [6, 6.07) is 0. The van der Waals surface area contributed by atoms with Crippen molar-refractivity contribution in [3.05, 3.63) is 0 Å². The molecule has 13 nitrogen and oxygen atoms in total. The Balaban J connectivity index is -0.0000000613. The van der Waals surface area contributed by atoms with E-state index in [0.717, 1.165) is 5.29 Å². The third kappa shape index (κ3) is 39.5. The summed E-state index contributed by atoms with van der Waals surface area (Å²) < 4.78 is 52.6. The Bertz CT molecular complexity index is 527. The van der Waals surface area contributed by atoms with E-state index in [1.807, 2.05) is 65.9 Å². The third-order valence-electron chi connectivity index (χ3n) is 1.87. The first-order chi connectivity index (χ1) is 11.7. The molecule has 0 spiro atoms. The van der Waals surface area contributed by atoms with Crippen LogP contribution >= 0.6 is 47.2 Å². The lowest BCUT2D eigenvalue weighted by atomic mass is 10.7. The molecule has 0 aliphatic heterocycles. The van der Waals surface area contributed by atoms with Gasteiger partial charge in [0.05, 0.1) is 39.6 Å². The molecule has 0 aromatic carbocycles. The predicted octanol–water partition coefficient (Wildman–Crippen LogP) is -1.37. The highest BCUT2D eigenvalue weighted by atomic mass is 35.5. The van der Waals surface area contributed by atoms with Crippen molar-refractivity contribution < 1.29 is 45.9 Å². The van der Waals surface area contributed by atoms with Crippen LogP contribution < -0.4 is 5.26 Å². The normalized spacial score (nSPS) is 11.1. The lowest BCUT2D eigenvalue weighted by Gasteiger charge is -2.33. The molecule has 0 amide bonds. The Morgan fingerprint density at radius 2 is 1.28 bits per heavy atom. The summed E-state index contributed by atoms with van der Waals surface area (Å²) in [4.78, 5) is 5.29. The highest BCUT2D eigenvalue weighted by Crippen LogP contribution is 2.24. The van der Waals surface area contributed by atoms with Crippen LogP contribution in [0.2, 0.25) is 0 Å². The van der Waals surface area contributed by atoms with E-state index in [1.165, 1.54) is 0 Å². The van der Waals surface area contributed by atoms with E-state index >= 15 is 0 Å². The van der Waals surface area contributed by atoms with E-state index in [9.17, 15) is 0 Å². The molecule has 0 radical (unpaired) electrons. The largest absolute Gasteiger partial charge is 0.750 e. The highest BCUT2D eigenvalue weighted by molar-refractivity contribution is 7.79. The first kappa shape index (κ1) is 43.3. The summed E-state index contributed by atoms with van der Waals surface area (Å²) in [5.41, 5.74) is 0. The second-order valence-electron chi connectivity index (χ2n) is 5.08. The summed E-state index contributed by atoms with van der Waals surface area (Å²) in [5, 5.41) is 9.26. The monoisotopic (exact) mass is 553 g/mol. The summed E-state index contributed by atoms with van der Waals surface area (Å²) >= 11 is 14.5. The van der Waals surface area contributed by atoms with Crippen molar-refractivity contribution >= 4 is 74.3 Å². The molecule has 0 bridgehead atoms. The maximum Gasteiger partial charge on any atom is 0.394 e. The van der Waals surface area contributed by atoms with Crippen LogP contribution in [-0.2, 0) is 26.1 Å². The number of alkyl halides is 2. The molecule has 19 heteroatoms. The van der Waals surface area contributed by atoms with Gasteiger partial charge >= 0.3 is 15.7 Å². The van der Waals surface area contributed by atoms with Gasteiger partial charge in [0.2, 0.25) is 4.58 Å². The first-order valence-electron chi connectivity index (χ1n) is 6.40. The number of hydrogen-bond acceptors (Lipinski definition) is 8. The molecular formula is C10H29Cl4N4O9S2-. The molecule has 0 saturated heterocycles. The summed E-state index contributed by atoms with van der Waals surface area (Å²) in [6.07, 6.45) is 0. The molecule has 0 aromatic rings. The minimum absolute atomic E-state index is 0. The molecule has 4 N–H and O–H groups in total. The van der Waals surface area contributed by atoms with Gasteiger partial charge in [-0.2, -0.15) is 8.42 Å². The molecule has 0 fully saturated rings. The number of rotatable bonds is 3. The zero-order valence-electron chi connectivity index (χ0n) is 17.0. The molecule has 0 rings (SSSR count). The molecule has 0 heterocycles. The van der Waals surface area contributed by atoms with E-state index in [2.05, 4.69) is 4.33 Å². The lowest BCUT2D eigenvalue weighted by Crippen LogP contribution is -2.45. The summed E-state index contributed by atoms with van der Waals surface area (Å²) in [6.45, 7) is 0. The van der Waals surface area contributed by atoms with Gasteiger partial charge < -0.3 is 19.6 Å². The van der Waals surface area contributed by atoms with Gasteiger partial charge in [-0.3, -0.25) is 28.4 Å². The van der Waals surface area contributed by atoms with Gasteiger partial charge in [-0.1, -0.05) is 23.2 Å².